The summed E-state index contributed by atoms with van der Waals surface area (Å²) in [5.74, 6) is -0.694. The number of primary amides is 1. The van der Waals surface area contributed by atoms with Gasteiger partial charge in [0.25, 0.3) is 0 Å². The molecular formula is C6H8F3N3O. The highest BCUT2D eigenvalue weighted by atomic mass is 19.4. The molecule has 1 rings (SSSR count). The summed E-state index contributed by atoms with van der Waals surface area (Å²) < 4.78 is 36.0. The second kappa shape index (κ2) is 3.25. The summed E-state index contributed by atoms with van der Waals surface area (Å²) in [7, 11) is 0. The number of alkyl halides is 3. The molecule has 4 nitrogen and oxygen atoms in total. The molecule has 0 saturated carbocycles. The van der Waals surface area contributed by atoms with Crippen LogP contribution in [0.15, 0.2) is 12.3 Å². The highest BCUT2D eigenvalue weighted by molar-refractivity contribution is 5.76. The fourth-order valence-corrected chi connectivity index (χ4v) is 0.903. The topological polar surface area (TPSA) is 58.4 Å². The van der Waals surface area contributed by atoms with Crippen LogP contribution >= 0.6 is 0 Å². The van der Waals surface area contributed by atoms with E-state index in [4.69, 9.17) is 5.73 Å². The Hall–Kier alpha value is -1.24. The average molecular weight is 195 g/mol. The lowest BCUT2D eigenvalue weighted by Gasteiger charge is -2.19. The van der Waals surface area contributed by atoms with Gasteiger partial charge in [0, 0.05) is 6.20 Å². The first kappa shape index (κ1) is 9.85. The molecule has 3 N–H and O–H groups in total. The van der Waals surface area contributed by atoms with Gasteiger partial charge in [-0.05, 0) is 6.08 Å². The van der Waals surface area contributed by atoms with Crippen molar-refractivity contribution in [3.05, 3.63) is 12.3 Å². The second-order valence-corrected chi connectivity index (χ2v) is 2.58. The Labute approximate surface area is 72.1 Å². The molecule has 1 aliphatic heterocycles. The number of hydrogen-bond donors (Lipinski definition) is 2. The van der Waals surface area contributed by atoms with E-state index in [-0.39, 0.29) is 6.54 Å². The van der Waals surface area contributed by atoms with Crippen LogP contribution in [0, 0.1) is 0 Å². The molecule has 0 aromatic rings. The van der Waals surface area contributed by atoms with Crippen LogP contribution in [0.1, 0.15) is 0 Å². The number of hydrogen-bond acceptors (Lipinski definition) is 3. The molecule has 0 bridgehead atoms. The Balaban J connectivity index is 2.47. The molecule has 0 aliphatic carbocycles. The third kappa shape index (κ3) is 2.62. The molecule has 1 amide bonds. The van der Waals surface area contributed by atoms with Crippen LogP contribution in [0.25, 0.3) is 0 Å². The van der Waals surface area contributed by atoms with Crippen molar-refractivity contribution in [1.29, 1.82) is 0 Å². The number of nitrogens with one attached hydrogen (secondary N) is 1. The zero-order valence-corrected chi connectivity index (χ0v) is 6.51. The molecule has 1 aliphatic rings. The van der Waals surface area contributed by atoms with Crippen LogP contribution in [0.4, 0.5) is 13.2 Å². The van der Waals surface area contributed by atoms with Crippen LogP contribution in [0.5, 0.6) is 0 Å². The minimum absolute atomic E-state index is 0.275. The van der Waals surface area contributed by atoms with E-state index in [0.717, 1.165) is 17.3 Å². The van der Waals surface area contributed by atoms with E-state index in [2.05, 4.69) is 5.43 Å². The van der Waals surface area contributed by atoms with Gasteiger partial charge in [-0.1, -0.05) is 0 Å². The summed E-state index contributed by atoms with van der Waals surface area (Å²) in [4.78, 5) is 10.3. The minimum atomic E-state index is -4.34. The van der Waals surface area contributed by atoms with Gasteiger partial charge in [0.05, 0.1) is 0 Å². The SMILES string of the molecule is NC(=O)CN1C=CC(C(F)(F)F)N1. The summed E-state index contributed by atoms with van der Waals surface area (Å²) in [5, 5.41) is 1.00. The van der Waals surface area contributed by atoms with E-state index in [1.54, 1.807) is 0 Å². The van der Waals surface area contributed by atoms with Gasteiger partial charge in [-0.25, -0.2) is 5.43 Å². The normalized spacial score (nSPS) is 22.4. The van der Waals surface area contributed by atoms with Crippen molar-refractivity contribution in [2.75, 3.05) is 6.54 Å². The first-order valence-electron chi connectivity index (χ1n) is 3.46. The maximum Gasteiger partial charge on any atom is 0.409 e. The Bertz CT molecular complexity index is 238. The fourth-order valence-electron chi connectivity index (χ4n) is 0.903. The van der Waals surface area contributed by atoms with E-state index >= 15 is 0 Å². The van der Waals surface area contributed by atoms with Gasteiger partial charge in [-0.3, -0.25) is 4.79 Å². The van der Waals surface area contributed by atoms with E-state index in [1.807, 2.05) is 0 Å². The predicted octanol–water partition coefficient (Wildman–Crippen LogP) is -0.264. The number of hydrazine groups is 1. The molecule has 1 unspecified atom stereocenters. The van der Waals surface area contributed by atoms with Crippen molar-refractivity contribution in [3.8, 4) is 0 Å². The number of carbonyl (C=O) groups excluding carboxylic acids is 1. The van der Waals surface area contributed by atoms with Crippen molar-refractivity contribution in [1.82, 2.24) is 10.4 Å². The Morgan fingerprint density at radius 1 is 1.62 bits per heavy atom. The smallest absolute Gasteiger partial charge is 0.368 e. The van der Waals surface area contributed by atoms with E-state index in [0.29, 0.717) is 0 Å². The van der Waals surface area contributed by atoms with Crippen molar-refractivity contribution in [2.24, 2.45) is 5.73 Å². The van der Waals surface area contributed by atoms with Crippen molar-refractivity contribution < 1.29 is 18.0 Å². The third-order valence-corrected chi connectivity index (χ3v) is 1.44. The van der Waals surface area contributed by atoms with Crippen LogP contribution in [0.3, 0.4) is 0 Å². The van der Waals surface area contributed by atoms with Gasteiger partial charge < -0.3 is 10.7 Å². The van der Waals surface area contributed by atoms with E-state index in [9.17, 15) is 18.0 Å². The first-order chi connectivity index (χ1) is 5.89. The highest BCUT2D eigenvalue weighted by Gasteiger charge is 2.40. The standard InChI is InChI=1S/C6H8F3N3O/c7-6(8,9)4-1-2-12(11-4)3-5(10)13/h1-2,4,11H,3H2,(H2,10,13). The number of nitrogens with two attached hydrogens (primary N) is 1. The lowest BCUT2D eigenvalue weighted by molar-refractivity contribution is -0.150. The maximum atomic E-state index is 12.0. The maximum absolute atomic E-state index is 12.0. The lowest BCUT2D eigenvalue weighted by atomic mass is 10.3. The summed E-state index contributed by atoms with van der Waals surface area (Å²) in [6.45, 7) is -0.275. The van der Waals surface area contributed by atoms with Crippen molar-refractivity contribution in [2.45, 2.75) is 12.2 Å². The number of nitrogens with zero attached hydrogens (tertiary/aromatic N) is 1. The van der Waals surface area contributed by atoms with Gasteiger partial charge in [0.1, 0.15) is 12.6 Å². The molecule has 0 saturated heterocycles. The Kier molecular flexibility index (Phi) is 2.46. The molecule has 7 heteroatoms. The largest absolute Gasteiger partial charge is 0.409 e. The number of halogens is 3. The van der Waals surface area contributed by atoms with Crippen LogP contribution in [0.2, 0.25) is 0 Å². The van der Waals surface area contributed by atoms with Crippen LogP contribution < -0.4 is 11.2 Å². The van der Waals surface area contributed by atoms with Gasteiger partial charge >= 0.3 is 6.18 Å². The van der Waals surface area contributed by atoms with Gasteiger partial charge in [0.15, 0.2) is 0 Å². The first-order valence-corrected chi connectivity index (χ1v) is 3.46. The molecule has 0 radical (unpaired) electrons. The number of rotatable bonds is 2. The van der Waals surface area contributed by atoms with Crippen LogP contribution in [-0.2, 0) is 4.79 Å². The predicted molar refractivity (Wildman–Crippen MR) is 38.0 cm³/mol. The zero-order chi connectivity index (χ0) is 10.1. The summed E-state index contributed by atoms with van der Waals surface area (Å²) in [6.07, 6.45) is -2.28. The van der Waals surface area contributed by atoms with Gasteiger partial charge in [-0.2, -0.15) is 13.2 Å². The molecule has 0 aromatic carbocycles. The van der Waals surface area contributed by atoms with Crippen molar-refractivity contribution in [3.63, 3.8) is 0 Å². The molecule has 74 valence electrons. The summed E-state index contributed by atoms with van der Waals surface area (Å²) >= 11 is 0. The average Bonchev–Trinajstić information content (AvgIpc) is 2.32. The van der Waals surface area contributed by atoms with Crippen LogP contribution in [-0.4, -0.2) is 29.7 Å². The summed E-state index contributed by atoms with van der Waals surface area (Å²) in [5.41, 5.74) is 6.85. The highest BCUT2D eigenvalue weighted by Crippen LogP contribution is 2.23. The Morgan fingerprint density at radius 2 is 2.23 bits per heavy atom. The lowest BCUT2D eigenvalue weighted by Crippen LogP contribution is -2.46. The monoisotopic (exact) mass is 195 g/mol. The molecule has 1 heterocycles. The molecular weight excluding hydrogens is 187 g/mol. The molecule has 0 fully saturated rings. The third-order valence-electron chi connectivity index (χ3n) is 1.44. The molecule has 0 spiro atoms. The fraction of sp³-hybridized carbons (Fsp3) is 0.500. The zero-order valence-electron chi connectivity index (χ0n) is 6.51. The van der Waals surface area contributed by atoms with E-state index < -0.39 is 18.1 Å². The van der Waals surface area contributed by atoms with E-state index in [1.165, 1.54) is 0 Å². The second-order valence-electron chi connectivity index (χ2n) is 2.58. The Morgan fingerprint density at radius 3 is 2.62 bits per heavy atom. The minimum Gasteiger partial charge on any atom is -0.368 e. The van der Waals surface area contributed by atoms with Crippen molar-refractivity contribution >= 4 is 5.91 Å². The number of carbonyl (C=O) groups is 1. The molecule has 1 atom stereocenters. The summed E-state index contributed by atoms with van der Waals surface area (Å²) in [6, 6.07) is -1.73. The quantitative estimate of drug-likeness (QED) is 0.638. The number of amides is 1. The van der Waals surface area contributed by atoms with Gasteiger partial charge in [0.2, 0.25) is 5.91 Å². The molecule has 0 aromatic heterocycles. The van der Waals surface area contributed by atoms with Gasteiger partial charge in [-0.15, -0.1) is 0 Å². The molecule has 13 heavy (non-hydrogen) atoms.